The van der Waals surface area contributed by atoms with Gasteiger partial charge in [-0.1, -0.05) is 11.6 Å². The van der Waals surface area contributed by atoms with Crippen LogP contribution in [0.3, 0.4) is 0 Å². The third-order valence-corrected chi connectivity index (χ3v) is 8.47. The van der Waals surface area contributed by atoms with Gasteiger partial charge < -0.3 is 30.7 Å². The molecule has 0 aliphatic carbocycles. The van der Waals surface area contributed by atoms with Gasteiger partial charge >= 0.3 is 6.18 Å². The highest BCUT2D eigenvalue weighted by molar-refractivity contribution is 6.31. The molecule has 1 aromatic carbocycles. The Labute approximate surface area is 245 Å². The molecule has 10 nitrogen and oxygen atoms in total. The van der Waals surface area contributed by atoms with Crippen molar-refractivity contribution in [1.82, 2.24) is 24.7 Å². The van der Waals surface area contributed by atoms with Crippen molar-refractivity contribution in [3.8, 4) is 0 Å². The minimum atomic E-state index is -4.61. The minimum Gasteiger partial charge on any atom is -0.381 e. The fraction of sp³-hybridized carbons (Fsp3) is 0.556. The molecular weight excluding hydrogens is 580 g/mol. The van der Waals surface area contributed by atoms with E-state index in [0.29, 0.717) is 45.4 Å². The fourth-order valence-corrected chi connectivity index (χ4v) is 6.22. The van der Waals surface area contributed by atoms with Crippen molar-refractivity contribution >= 4 is 40.7 Å². The number of amides is 2. The molecule has 42 heavy (non-hydrogen) atoms. The third kappa shape index (κ3) is 6.33. The van der Waals surface area contributed by atoms with Gasteiger partial charge in [0.05, 0.1) is 17.5 Å². The summed E-state index contributed by atoms with van der Waals surface area (Å²) in [5.41, 5.74) is 4.83. The molecule has 4 heterocycles. The molecule has 0 bridgehead atoms. The van der Waals surface area contributed by atoms with Gasteiger partial charge in [0, 0.05) is 56.5 Å². The van der Waals surface area contributed by atoms with Crippen LogP contribution in [0.4, 0.5) is 34.9 Å². The molecule has 3 saturated heterocycles. The molecule has 3 aliphatic rings. The molecule has 5 rings (SSSR count). The summed E-state index contributed by atoms with van der Waals surface area (Å²) in [4.78, 5) is 42.7. The lowest BCUT2D eigenvalue weighted by atomic mass is 9.86. The van der Waals surface area contributed by atoms with E-state index in [2.05, 4.69) is 20.2 Å². The van der Waals surface area contributed by atoms with Crippen LogP contribution in [0, 0.1) is 11.7 Å². The second-order valence-electron chi connectivity index (χ2n) is 11.0. The molecule has 0 saturated carbocycles. The molecule has 0 spiro atoms. The Balaban J connectivity index is 1.41. The summed E-state index contributed by atoms with van der Waals surface area (Å²) in [7, 11) is 1.99. The summed E-state index contributed by atoms with van der Waals surface area (Å²) < 4.78 is 55.1. The second-order valence-corrected chi connectivity index (χ2v) is 11.5. The summed E-state index contributed by atoms with van der Waals surface area (Å²) in [6.07, 6.45) is -2.16. The van der Waals surface area contributed by atoms with Gasteiger partial charge in [-0.3, -0.25) is 9.59 Å². The SMILES string of the molecule is CN1CCN(C(=O)C2CCN(c3ncnc(N)c3F)CC2N2CCCC(Nc3cc(Cl)cc(C(F)(F)F)c3)C2=O)CC1. The van der Waals surface area contributed by atoms with E-state index in [1.54, 1.807) is 9.80 Å². The summed E-state index contributed by atoms with van der Waals surface area (Å²) in [5, 5.41) is 2.83. The van der Waals surface area contributed by atoms with E-state index in [0.717, 1.165) is 31.5 Å². The number of rotatable bonds is 5. The second kappa shape index (κ2) is 12.1. The number of nitrogens with two attached hydrogens (primary N) is 1. The number of hydrogen-bond acceptors (Lipinski definition) is 8. The predicted octanol–water partition coefficient (Wildman–Crippen LogP) is 2.94. The van der Waals surface area contributed by atoms with Gasteiger partial charge in [-0.15, -0.1) is 0 Å². The van der Waals surface area contributed by atoms with Gasteiger partial charge in [-0.05, 0) is 44.5 Å². The van der Waals surface area contributed by atoms with Crippen molar-refractivity contribution < 1.29 is 27.2 Å². The Morgan fingerprint density at radius 2 is 1.81 bits per heavy atom. The van der Waals surface area contributed by atoms with Crippen LogP contribution in [-0.2, 0) is 15.8 Å². The van der Waals surface area contributed by atoms with Crippen LogP contribution in [0.25, 0.3) is 0 Å². The van der Waals surface area contributed by atoms with Gasteiger partial charge in [0.1, 0.15) is 12.4 Å². The molecule has 3 N–H and O–H groups in total. The van der Waals surface area contributed by atoms with E-state index >= 15 is 0 Å². The van der Waals surface area contributed by atoms with Crippen LogP contribution in [0.1, 0.15) is 24.8 Å². The molecule has 1 aromatic heterocycles. The lowest BCUT2D eigenvalue weighted by molar-refractivity contribution is -0.145. The molecule has 228 valence electrons. The first kappa shape index (κ1) is 30.1. The Bertz CT molecular complexity index is 1320. The van der Waals surface area contributed by atoms with Crippen LogP contribution in [-0.4, -0.2) is 101 Å². The molecule has 3 atom stereocenters. The lowest BCUT2D eigenvalue weighted by Gasteiger charge is -2.47. The maximum Gasteiger partial charge on any atom is 0.416 e. The van der Waals surface area contributed by atoms with E-state index in [-0.39, 0.29) is 40.7 Å². The number of benzene rings is 1. The van der Waals surface area contributed by atoms with Gasteiger partial charge in [0.25, 0.3) is 0 Å². The van der Waals surface area contributed by atoms with Crippen LogP contribution in [0.5, 0.6) is 0 Å². The highest BCUT2D eigenvalue weighted by Gasteiger charge is 2.45. The lowest BCUT2D eigenvalue weighted by Crippen LogP contribution is -2.63. The zero-order valence-electron chi connectivity index (χ0n) is 23.1. The average Bonchev–Trinajstić information content (AvgIpc) is 2.95. The number of hydrogen-bond donors (Lipinski definition) is 2. The number of piperidine rings is 2. The quantitative estimate of drug-likeness (QED) is 0.496. The number of carbonyl (C=O) groups excluding carboxylic acids is 2. The number of piperazine rings is 1. The van der Waals surface area contributed by atoms with Gasteiger partial charge in [0.15, 0.2) is 11.6 Å². The summed E-state index contributed by atoms with van der Waals surface area (Å²) in [5.74, 6) is -2.03. The van der Waals surface area contributed by atoms with Crippen molar-refractivity contribution in [2.45, 2.75) is 37.5 Å². The van der Waals surface area contributed by atoms with E-state index < -0.39 is 35.6 Å². The van der Waals surface area contributed by atoms with Gasteiger partial charge in [0.2, 0.25) is 17.6 Å². The number of alkyl halides is 3. The van der Waals surface area contributed by atoms with Crippen molar-refractivity contribution in [3.63, 3.8) is 0 Å². The molecule has 3 unspecified atom stereocenters. The smallest absolute Gasteiger partial charge is 0.381 e. The standard InChI is InChI=1S/C27H33ClF4N8O2/c1-37-7-9-38(10-8-37)25(41)19-4-6-39(24-22(29)23(33)34-15-35-24)14-21(19)40-5-2-3-20(26(40)42)36-18-12-16(27(30,31)32)11-17(28)13-18/h11-13,15,19-21,36H,2-10,14H2,1H3,(H2,33,34,35). The number of carbonyl (C=O) groups is 2. The topological polar surface area (TPSA) is 111 Å². The van der Waals surface area contributed by atoms with Crippen molar-refractivity contribution in [2.75, 3.05) is 68.8 Å². The Morgan fingerprint density at radius 3 is 2.52 bits per heavy atom. The highest BCUT2D eigenvalue weighted by Crippen LogP contribution is 2.35. The van der Waals surface area contributed by atoms with E-state index in [4.69, 9.17) is 17.3 Å². The summed E-state index contributed by atoms with van der Waals surface area (Å²) in [6.45, 7) is 3.39. The van der Waals surface area contributed by atoms with Crippen molar-refractivity contribution in [2.24, 2.45) is 5.92 Å². The number of anilines is 3. The minimum absolute atomic E-state index is 0.00395. The molecule has 3 aliphatic heterocycles. The van der Waals surface area contributed by atoms with Gasteiger partial charge in [-0.2, -0.15) is 17.6 Å². The number of aromatic nitrogens is 2. The fourth-order valence-electron chi connectivity index (χ4n) is 5.98. The number of halogens is 5. The first-order valence-corrected chi connectivity index (χ1v) is 14.2. The van der Waals surface area contributed by atoms with Crippen LogP contribution in [0.15, 0.2) is 24.5 Å². The molecular formula is C27H33ClF4N8O2. The van der Waals surface area contributed by atoms with Crippen LogP contribution >= 0.6 is 11.6 Å². The normalized spacial score (nSPS) is 24.2. The Kier molecular flexibility index (Phi) is 8.65. The molecule has 15 heteroatoms. The monoisotopic (exact) mass is 612 g/mol. The van der Waals surface area contributed by atoms with E-state index in [1.807, 2.05) is 11.9 Å². The third-order valence-electron chi connectivity index (χ3n) is 8.25. The van der Waals surface area contributed by atoms with Crippen molar-refractivity contribution in [1.29, 1.82) is 0 Å². The van der Waals surface area contributed by atoms with Gasteiger partial charge in [-0.25, -0.2) is 9.97 Å². The highest BCUT2D eigenvalue weighted by atomic mass is 35.5. The number of nitrogens with zero attached hydrogens (tertiary/aromatic N) is 6. The Morgan fingerprint density at radius 1 is 1.07 bits per heavy atom. The van der Waals surface area contributed by atoms with E-state index in [1.165, 1.54) is 6.07 Å². The van der Waals surface area contributed by atoms with Crippen molar-refractivity contribution in [3.05, 3.63) is 40.9 Å². The number of likely N-dealkylation sites (tertiary alicyclic amines) is 1. The molecule has 0 radical (unpaired) electrons. The molecule has 2 amide bonds. The van der Waals surface area contributed by atoms with Crippen LogP contribution < -0.4 is 16.0 Å². The zero-order chi connectivity index (χ0) is 30.2. The van der Waals surface area contributed by atoms with Crippen LogP contribution in [0.2, 0.25) is 5.02 Å². The number of nitrogen functional groups attached to an aromatic ring is 1. The molecule has 3 fully saturated rings. The first-order valence-electron chi connectivity index (χ1n) is 13.9. The molecule has 2 aromatic rings. The summed E-state index contributed by atoms with van der Waals surface area (Å²) in [6, 6.07) is 1.63. The maximum absolute atomic E-state index is 14.9. The zero-order valence-corrected chi connectivity index (χ0v) is 23.8. The Hall–Kier alpha value is -3.39. The largest absolute Gasteiger partial charge is 0.416 e. The average molecular weight is 613 g/mol. The predicted molar refractivity (Wildman–Crippen MR) is 149 cm³/mol. The summed E-state index contributed by atoms with van der Waals surface area (Å²) >= 11 is 5.96. The first-order chi connectivity index (χ1) is 19.9. The number of likely N-dealkylation sites (N-methyl/N-ethyl adjacent to an activating group) is 1. The number of nitrogens with one attached hydrogen (secondary N) is 1. The van der Waals surface area contributed by atoms with E-state index in [9.17, 15) is 27.2 Å². The maximum atomic E-state index is 14.9.